The van der Waals surface area contributed by atoms with Gasteiger partial charge in [-0.1, -0.05) is 24.3 Å². The molecule has 0 unspecified atom stereocenters. The lowest BCUT2D eigenvalue weighted by Gasteiger charge is -2.13. The minimum atomic E-state index is -4.32. The second-order valence-electron chi connectivity index (χ2n) is 3.56. The molecule has 1 aromatic heterocycles. The third-order valence-corrected chi connectivity index (χ3v) is 2.36. The molecule has 2 aromatic rings. The lowest BCUT2D eigenvalue weighted by molar-refractivity contribution is -0.138. The van der Waals surface area contributed by atoms with Gasteiger partial charge in [-0.2, -0.15) is 25.6 Å². The third-order valence-electron chi connectivity index (χ3n) is 2.36. The van der Waals surface area contributed by atoms with Crippen LogP contribution in [-0.4, -0.2) is 0 Å². The van der Waals surface area contributed by atoms with Gasteiger partial charge in [0.2, 0.25) is 0 Å². The molecular formula is C12H10F3N2-. The summed E-state index contributed by atoms with van der Waals surface area (Å²) in [7, 11) is 0. The van der Waals surface area contributed by atoms with Gasteiger partial charge in [-0.05, 0) is 11.6 Å². The summed E-state index contributed by atoms with van der Waals surface area (Å²) >= 11 is 0. The van der Waals surface area contributed by atoms with E-state index >= 15 is 0 Å². The molecule has 0 bridgehead atoms. The zero-order chi connectivity index (χ0) is 12.3. The molecule has 0 aliphatic rings. The summed E-state index contributed by atoms with van der Waals surface area (Å²) in [5.41, 5.74) is 0.329. The molecule has 2 nitrogen and oxygen atoms in total. The molecule has 2 rings (SSSR count). The van der Waals surface area contributed by atoms with E-state index in [4.69, 9.17) is 0 Å². The lowest BCUT2D eigenvalue weighted by Crippen LogP contribution is -2.11. The first-order chi connectivity index (χ1) is 8.07. The average molecular weight is 239 g/mol. The van der Waals surface area contributed by atoms with Crippen molar-refractivity contribution < 1.29 is 13.2 Å². The predicted octanol–water partition coefficient (Wildman–Crippen LogP) is 3.27. The molecule has 5 heteroatoms. The molecule has 0 saturated heterocycles. The first-order valence-electron chi connectivity index (χ1n) is 5.03. The van der Waals surface area contributed by atoms with E-state index in [1.807, 2.05) is 0 Å². The number of hydrogen-bond acceptors (Lipinski definition) is 1. The number of anilines is 1. The van der Waals surface area contributed by atoms with Crippen molar-refractivity contribution in [2.24, 2.45) is 0 Å². The van der Waals surface area contributed by atoms with Crippen molar-refractivity contribution in [1.82, 2.24) is 4.98 Å². The number of alkyl halides is 3. The van der Waals surface area contributed by atoms with Gasteiger partial charge in [0, 0.05) is 12.2 Å². The average Bonchev–Trinajstić information content (AvgIpc) is 2.78. The maximum Gasteiger partial charge on any atom is 0.416 e. The normalized spacial score (nSPS) is 11.5. The summed E-state index contributed by atoms with van der Waals surface area (Å²) in [4.78, 5) is 3.82. The highest BCUT2D eigenvalue weighted by molar-refractivity contribution is 5.42. The minimum Gasteiger partial charge on any atom is -0.669 e. The van der Waals surface area contributed by atoms with Crippen LogP contribution >= 0.6 is 0 Å². The number of hydrogen-bond donors (Lipinski definition) is 1. The second-order valence-corrected chi connectivity index (χ2v) is 3.56. The van der Waals surface area contributed by atoms with Crippen molar-refractivity contribution in [3.63, 3.8) is 0 Å². The maximum atomic E-state index is 12.7. The fourth-order valence-electron chi connectivity index (χ4n) is 1.54. The van der Waals surface area contributed by atoms with Gasteiger partial charge in [-0.25, -0.2) is 0 Å². The Bertz CT molecular complexity index is 475. The van der Waals surface area contributed by atoms with Gasteiger partial charge in [-0.3, -0.25) is 0 Å². The topological polar surface area (TPSA) is 26.1 Å². The van der Waals surface area contributed by atoms with Gasteiger partial charge in [0.05, 0.1) is 5.56 Å². The number of nitrogens with one attached hydrogen (secondary N) is 1. The Hall–Kier alpha value is -1.91. The summed E-state index contributed by atoms with van der Waals surface area (Å²) in [5, 5.41) is 2.89. The molecule has 1 heterocycles. The SMILES string of the molecule is FC(F)(F)c1ccccc1CNc1cc[n-]c1. The molecule has 0 saturated carbocycles. The number of nitrogens with zero attached hydrogens (tertiary/aromatic N) is 1. The Morgan fingerprint density at radius 3 is 2.53 bits per heavy atom. The van der Waals surface area contributed by atoms with Crippen molar-refractivity contribution in [2.45, 2.75) is 12.7 Å². The fraction of sp³-hybridized carbons (Fsp3) is 0.167. The summed E-state index contributed by atoms with van der Waals surface area (Å²) in [6.07, 6.45) is -1.17. The monoisotopic (exact) mass is 239 g/mol. The van der Waals surface area contributed by atoms with Crippen molar-refractivity contribution in [1.29, 1.82) is 0 Å². The van der Waals surface area contributed by atoms with E-state index in [-0.39, 0.29) is 12.1 Å². The Balaban J connectivity index is 2.16. The Morgan fingerprint density at radius 1 is 1.12 bits per heavy atom. The van der Waals surface area contributed by atoms with E-state index in [2.05, 4.69) is 10.3 Å². The van der Waals surface area contributed by atoms with Gasteiger partial charge in [0.1, 0.15) is 0 Å². The summed E-state index contributed by atoms with van der Waals surface area (Å²) in [5.74, 6) is 0. The van der Waals surface area contributed by atoms with Gasteiger partial charge in [-0.15, -0.1) is 0 Å². The molecule has 0 atom stereocenters. The molecule has 0 amide bonds. The van der Waals surface area contributed by atoms with Crippen LogP contribution in [0.2, 0.25) is 0 Å². The number of benzene rings is 1. The minimum absolute atomic E-state index is 0.126. The Labute approximate surface area is 96.5 Å². The molecular weight excluding hydrogens is 229 g/mol. The highest BCUT2D eigenvalue weighted by atomic mass is 19.4. The van der Waals surface area contributed by atoms with Gasteiger partial charge >= 0.3 is 6.18 Å². The van der Waals surface area contributed by atoms with Crippen LogP contribution in [0.1, 0.15) is 11.1 Å². The zero-order valence-corrected chi connectivity index (χ0v) is 8.83. The van der Waals surface area contributed by atoms with Gasteiger partial charge < -0.3 is 10.3 Å². The van der Waals surface area contributed by atoms with Gasteiger partial charge in [0.25, 0.3) is 0 Å². The van der Waals surface area contributed by atoms with E-state index < -0.39 is 11.7 Å². The van der Waals surface area contributed by atoms with Crippen LogP contribution < -0.4 is 10.3 Å². The molecule has 0 spiro atoms. The van der Waals surface area contributed by atoms with E-state index in [1.165, 1.54) is 12.1 Å². The van der Waals surface area contributed by atoms with E-state index in [9.17, 15) is 13.2 Å². The van der Waals surface area contributed by atoms with Crippen LogP contribution in [0.25, 0.3) is 0 Å². The third kappa shape index (κ3) is 2.81. The highest BCUT2D eigenvalue weighted by Gasteiger charge is 2.32. The molecule has 1 N–H and O–H groups in total. The van der Waals surface area contributed by atoms with Crippen LogP contribution in [0.5, 0.6) is 0 Å². The van der Waals surface area contributed by atoms with Crippen LogP contribution in [0.4, 0.5) is 18.9 Å². The molecule has 0 aliphatic heterocycles. The summed E-state index contributed by atoms with van der Waals surface area (Å²) < 4.78 is 38.0. The summed E-state index contributed by atoms with van der Waals surface area (Å²) in [6.45, 7) is 0.126. The maximum absolute atomic E-state index is 12.7. The van der Waals surface area contributed by atoms with E-state index in [0.29, 0.717) is 5.69 Å². The van der Waals surface area contributed by atoms with Crippen LogP contribution in [0, 0.1) is 0 Å². The second kappa shape index (κ2) is 4.53. The van der Waals surface area contributed by atoms with Crippen molar-refractivity contribution in [3.8, 4) is 0 Å². The predicted molar refractivity (Wildman–Crippen MR) is 58.5 cm³/mol. The van der Waals surface area contributed by atoms with E-state index in [1.54, 1.807) is 24.5 Å². The molecule has 90 valence electrons. The quantitative estimate of drug-likeness (QED) is 0.889. The zero-order valence-electron chi connectivity index (χ0n) is 8.83. The largest absolute Gasteiger partial charge is 0.669 e. The number of halogens is 3. The molecule has 1 aromatic carbocycles. The van der Waals surface area contributed by atoms with E-state index in [0.717, 1.165) is 6.07 Å². The fourth-order valence-corrected chi connectivity index (χ4v) is 1.54. The lowest BCUT2D eigenvalue weighted by atomic mass is 10.1. The Morgan fingerprint density at radius 2 is 1.88 bits per heavy atom. The van der Waals surface area contributed by atoms with Gasteiger partial charge in [0.15, 0.2) is 0 Å². The first kappa shape index (κ1) is 11.6. The first-order valence-corrected chi connectivity index (χ1v) is 5.03. The number of aromatic nitrogens is 1. The Kier molecular flexibility index (Phi) is 3.08. The van der Waals surface area contributed by atoms with Crippen molar-refractivity contribution >= 4 is 5.69 Å². The molecule has 17 heavy (non-hydrogen) atoms. The van der Waals surface area contributed by atoms with Crippen LogP contribution in [-0.2, 0) is 12.7 Å². The van der Waals surface area contributed by atoms with Crippen LogP contribution in [0.3, 0.4) is 0 Å². The van der Waals surface area contributed by atoms with Crippen molar-refractivity contribution in [3.05, 3.63) is 53.9 Å². The smallest absolute Gasteiger partial charge is 0.416 e. The van der Waals surface area contributed by atoms with Crippen LogP contribution in [0.15, 0.2) is 42.7 Å². The highest BCUT2D eigenvalue weighted by Crippen LogP contribution is 2.32. The molecule has 0 fully saturated rings. The van der Waals surface area contributed by atoms with Crippen molar-refractivity contribution in [2.75, 3.05) is 5.32 Å². The molecule has 0 radical (unpaired) electrons. The standard InChI is InChI=1S/C12H10F3N2/c13-12(14,15)11-4-2-1-3-9(11)7-17-10-5-6-16-8-10/h1-6,8,17H,7H2/q-1. The number of rotatable bonds is 3. The summed E-state index contributed by atoms with van der Waals surface area (Å²) in [6, 6.07) is 7.23. The molecule has 0 aliphatic carbocycles.